The van der Waals surface area contributed by atoms with Crippen LogP contribution in [0.25, 0.3) is 11.1 Å². The molecule has 40 heavy (non-hydrogen) atoms. The van der Waals surface area contributed by atoms with Gasteiger partial charge in [0.15, 0.2) is 0 Å². The van der Waals surface area contributed by atoms with Crippen LogP contribution in [0.4, 0.5) is 0 Å². The van der Waals surface area contributed by atoms with Gasteiger partial charge in [-0.2, -0.15) is 23.5 Å². The van der Waals surface area contributed by atoms with Gasteiger partial charge < -0.3 is 10.4 Å². The van der Waals surface area contributed by atoms with Crippen molar-refractivity contribution in [1.82, 2.24) is 10.2 Å². The summed E-state index contributed by atoms with van der Waals surface area (Å²) in [5.41, 5.74) is 5.96. The Balaban J connectivity index is 1.65. The number of rotatable bonds is 13. The van der Waals surface area contributed by atoms with E-state index in [9.17, 15) is 14.7 Å². The molecule has 0 radical (unpaired) electrons. The van der Waals surface area contributed by atoms with Gasteiger partial charge in [-0.1, -0.05) is 60.7 Å². The summed E-state index contributed by atoms with van der Waals surface area (Å²) in [5.74, 6) is 0.414. The smallest absolute Gasteiger partial charge is 0.326 e. The number of aryl methyl sites for hydroxylation is 1. The topological polar surface area (TPSA) is 69.6 Å². The number of nitrogens with zero attached hydrogens (tertiary/aromatic N) is 1. The Morgan fingerprint density at radius 3 is 2.35 bits per heavy atom. The highest BCUT2D eigenvalue weighted by molar-refractivity contribution is 7.98. The molecule has 1 heterocycles. The van der Waals surface area contributed by atoms with Crippen molar-refractivity contribution in [3.8, 4) is 11.1 Å². The number of amides is 1. The predicted molar refractivity (Wildman–Crippen MR) is 169 cm³/mol. The first-order chi connectivity index (χ1) is 19.4. The van der Waals surface area contributed by atoms with Crippen molar-refractivity contribution >= 4 is 35.4 Å². The largest absolute Gasteiger partial charge is 0.480 e. The molecular formula is C33H40N2O3S2. The number of benzene rings is 3. The van der Waals surface area contributed by atoms with E-state index in [1.807, 2.05) is 61.3 Å². The van der Waals surface area contributed by atoms with E-state index in [-0.39, 0.29) is 5.91 Å². The second-order valence-electron chi connectivity index (χ2n) is 10.5. The Kier molecular flexibility index (Phi) is 11.2. The zero-order valence-corrected chi connectivity index (χ0v) is 25.3. The van der Waals surface area contributed by atoms with Crippen molar-refractivity contribution < 1.29 is 14.7 Å². The summed E-state index contributed by atoms with van der Waals surface area (Å²) in [6.45, 7) is 2.86. The van der Waals surface area contributed by atoms with Crippen LogP contribution in [0.1, 0.15) is 46.3 Å². The van der Waals surface area contributed by atoms with Crippen LogP contribution >= 0.6 is 23.5 Å². The van der Waals surface area contributed by atoms with Gasteiger partial charge in [-0.25, -0.2) is 4.79 Å². The van der Waals surface area contributed by atoms with Gasteiger partial charge >= 0.3 is 5.97 Å². The van der Waals surface area contributed by atoms with Crippen LogP contribution in [-0.4, -0.2) is 64.0 Å². The summed E-state index contributed by atoms with van der Waals surface area (Å²) < 4.78 is 0. The number of carboxylic acids is 1. The number of nitrogens with one attached hydrogen (secondary N) is 1. The molecule has 4 rings (SSSR count). The molecule has 5 nitrogen and oxygen atoms in total. The van der Waals surface area contributed by atoms with Gasteiger partial charge in [-0.05, 0) is 90.8 Å². The lowest BCUT2D eigenvalue weighted by Gasteiger charge is -2.30. The first-order valence-electron chi connectivity index (χ1n) is 13.9. The van der Waals surface area contributed by atoms with Crippen LogP contribution in [0.5, 0.6) is 0 Å². The quantitative estimate of drug-likeness (QED) is 0.241. The zero-order valence-electron chi connectivity index (χ0n) is 23.6. The Hall–Kier alpha value is -2.74. The van der Waals surface area contributed by atoms with Gasteiger partial charge in [0.25, 0.3) is 5.91 Å². The Morgan fingerprint density at radius 2 is 1.65 bits per heavy atom. The fourth-order valence-electron chi connectivity index (χ4n) is 5.68. The van der Waals surface area contributed by atoms with Crippen LogP contribution in [0, 0.1) is 6.92 Å². The van der Waals surface area contributed by atoms with E-state index in [4.69, 9.17) is 0 Å². The maximum absolute atomic E-state index is 13.5. The van der Waals surface area contributed by atoms with Crippen LogP contribution in [0.3, 0.4) is 0 Å². The van der Waals surface area contributed by atoms with E-state index in [2.05, 4.69) is 52.9 Å². The Bertz CT molecular complexity index is 1280. The summed E-state index contributed by atoms with van der Waals surface area (Å²) in [4.78, 5) is 28.0. The van der Waals surface area contributed by atoms with Crippen LogP contribution < -0.4 is 5.32 Å². The fourth-order valence-corrected chi connectivity index (χ4v) is 6.89. The van der Waals surface area contributed by atoms with E-state index >= 15 is 0 Å². The van der Waals surface area contributed by atoms with E-state index in [1.54, 1.807) is 11.8 Å². The van der Waals surface area contributed by atoms with Gasteiger partial charge in [0.05, 0.1) is 0 Å². The van der Waals surface area contributed by atoms with Crippen molar-refractivity contribution in [3.63, 3.8) is 0 Å². The molecule has 1 aliphatic rings. The summed E-state index contributed by atoms with van der Waals surface area (Å²) in [6.07, 6.45) is 7.90. The number of thioether (sulfide) groups is 2. The molecule has 0 aliphatic carbocycles. The zero-order chi connectivity index (χ0) is 28.5. The maximum Gasteiger partial charge on any atom is 0.326 e. The summed E-state index contributed by atoms with van der Waals surface area (Å²) in [7, 11) is 0. The fraction of sp³-hybridized carbons (Fsp3) is 0.394. The highest BCUT2D eigenvalue weighted by Gasteiger charge is 2.33. The van der Waals surface area contributed by atoms with Crippen molar-refractivity contribution in [2.24, 2.45) is 0 Å². The molecule has 2 unspecified atom stereocenters. The number of carbonyl (C=O) groups excluding carboxylic acids is 1. The van der Waals surface area contributed by atoms with Crippen LogP contribution in [-0.2, 0) is 17.8 Å². The summed E-state index contributed by atoms with van der Waals surface area (Å²) >= 11 is 3.47. The van der Waals surface area contributed by atoms with Crippen LogP contribution in [0.15, 0.2) is 72.8 Å². The highest BCUT2D eigenvalue weighted by Crippen LogP contribution is 2.33. The van der Waals surface area contributed by atoms with E-state index in [1.165, 1.54) is 18.4 Å². The molecule has 7 heteroatoms. The molecule has 0 saturated carbocycles. The van der Waals surface area contributed by atoms with E-state index < -0.39 is 12.0 Å². The molecule has 3 aromatic carbocycles. The average Bonchev–Trinajstić information content (AvgIpc) is 3.32. The predicted octanol–water partition coefficient (Wildman–Crippen LogP) is 6.54. The minimum atomic E-state index is -1.00. The third kappa shape index (κ3) is 7.71. The number of hydrogen-bond donors (Lipinski definition) is 2. The molecular weight excluding hydrogens is 537 g/mol. The molecule has 2 N–H and O–H groups in total. The molecule has 0 spiro atoms. The van der Waals surface area contributed by atoms with Gasteiger partial charge in [-0.3, -0.25) is 9.69 Å². The lowest BCUT2D eigenvalue weighted by molar-refractivity contribution is -0.139. The molecule has 0 bridgehead atoms. The minimum Gasteiger partial charge on any atom is -0.480 e. The molecule has 3 aromatic rings. The SMILES string of the molecule is CSCCC(NC(=O)c1ccc(CN2C(Cc3ccccc3)CC[C@@H]2CSC)cc1-c1ccccc1C)C(=O)O. The second kappa shape index (κ2) is 14.8. The molecule has 0 aromatic heterocycles. The lowest BCUT2D eigenvalue weighted by Crippen LogP contribution is -2.41. The molecule has 1 fully saturated rings. The van der Waals surface area contributed by atoms with E-state index in [0.717, 1.165) is 41.0 Å². The molecule has 212 valence electrons. The Morgan fingerprint density at radius 1 is 0.925 bits per heavy atom. The Labute approximate surface area is 247 Å². The third-order valence-corrected chi connectivity index (χ3v) is 9.15. The first-order valence-corrected chi connectivity index (χ1v) is 16.7. The maximum atomic E-state index is 13.5. The van der Waals surface area contributed by atoms with Crippen molar-refractivity contribution in [3.05, 3.63) is 95.1 Å². The molecule has 1 aliphatic heterocycles. The number of hydrogen-bond acceptors (Lipinski definition) is 5. The number of likely N-dealkylation sites (tertiary alicyclic amines) is 1. The lowest BCUT2D eigenvalue weighted by atomic mass is 9.93. The second-order valence-corrected chi connectivity index (χ2v) is 12.4. The number of carbonyl (C=O) groups is 2. The van der Waals surface area contributed by atoms with E-state index in [0.29, 0.717) is 29.8 Å². The average molecular weight is 577 g/mol. The number of aliphatic carboxylic acids is 1. The van der Waals surface area contributed by atoms with Crippen molar-refractivity contribution in [2.45, 2.75) is 57.3 Å². The first kappa shape index (κ1) is 30.2. The summed E-state index contributed by atoms with van der Waals surface area (Å²) in [6, 6.07) is 24.9. The normalized spacial score (nSPS) is 18.0. The summed E-state index contributed by atoms with van der Waals surface area (Å²) in [5, 5.41) is 12.5. The standard InChI is InChI=1S/C33H40N2O3S2/c1-23-9-7-8-12-28(23)30-20-25(13-16-29(30)32(36)34-31(33(37)38)17-18-39-2)21-35-26(14-15-27(35)22-40-3)19-24-10-5-4-6-11-24/h4-13,16,20,26-27,31H,14-15,17-19,21-22H2,1-3H3,(H,34,36)(H,37,38)/t26?,27-,31?/m1/s1. The van der Waals surface area contributed by atoms with Crippen molar-refractivity contribution in [1.29, 1.82) is 0 Å². The van der Waals surface area contributed by atoms with Crippen molar-refractivity contribution in [2.75, 3.05) is 24.0 Å². The minimum absolute atomic E-state index is 0.346. The third-order valence-electron chi connectivity index (χ3n) is 7.79. The molecule has 1 amide bonds. The van der Waals surface area contributed by atoms with Crippen LogP contribution in [0.2, 0.25) is 0 Å². The number of carboxylic acid groups (broad SMARTS) is 1. The monoisotopic (exact) mass is 576 g/mol. The molecule has 3 atom stereocenters. The van der Waals surface area contributed by atoms with Gasteiger partial charge in [0.2, 0.25) is 0 Å². The van der Waals surface area contributed by atoms with Gasteiger partial charge in [0, 0.05) is 29.9 Å². The van der Waals surface area contributed by atoms with Gasteiger partial charge in [-0.15, -0.1) is 0 Å². The highest BCUT2D eigenvalue weighted by atomic mass is 32.2. The molecule has 1 saturated heterocycles. The van der Waals surface area contributed by atoms with Gasteiger partial charge in [0.1, 0.15) is 6.04 Å².